The molecule has 1 aliphatic rings. The molecule has 0 aliphatic heterocycles. The summed E-state index contributed by atoms with van der Waals surface area (Å²) in [6.07, 6.45) is 6.26. The molecule has 176 valence electrons. The van der Waals surface area contributed by atoms with Gasteiger partial charge in [-0.3, -0.25) is 19.3 Å². The normalized spacial score (nSPS) is 13.0. The van der Waals surface area contributed by atoms with Gasteiger partial charge < -0.3 is 10.5 Å². The third kappa shape index (κ3) is 4.90. The molecule has 4 aromatic rings. The first-order valence-corrected chi connectivity index (χ1v) is 11.2. The van der Waals surface area contributed by atoms with E-state index in [4.69, 9.17) is 22.1 Å². The Hall–Kier alpha value is -4.11. The highest BCUT2D eigenvalue weighted by Crippen LogP contribution is 2.34. The number of nitrogen functional groups attached to an aromatic ring is 1. The maximum absolute atomic E-state index is 13.4. The van der Waals surface area contributed by atoms with E-state index in [0.717, 1.165) is 12.8 Å². The minimum Gasteiger partial charge on any atom is -0.454 e. The monoisotopic (exact) mass is 491 g/mol. The average Bonchev–Trinajstić information content (AvgIpc) is 3.70. The fourth-order valence-electron chi connectivity index (χ4n) is 3.52. The largest absolute Gasteiger partial charge is 0.454 e. The smallest absolute Gasteiger partial charge is 0.219 e. The third-order valence-corrected chi connectivity index (χ3v) is 5.90. The maximum atomic E-state index is 13.4. The molecular weight excluding hydrogens is 473 g/mol. The fourth-order valence-corrected chi connectivity index (χ4v) is 3.67. The molecule has 5 rings (SSSR count). The number of aromatic nitrogens is 4. The summed E-state index contributed by atoms with van der Waals surface area (Å²) in [5.41, 5.74) is 6.29. The standard InChI is InChI=1S/C25H19ClFN5O3/c26-22-21(9-10-29-25(22)28)35-18-8-5-16(30-12-18)11-20(33)23-24(34)19(13-32(31-23)17-6-7-17)14-1-3-15(27)4-2-14/h1-5,8-10,12-13,17H,6-7,11H2,(H2,28,29). The number of ketones is 1. The molecule has 1 saturated carbocycles. The number of carbonyl (C=O) groups excluding carboxylic acids is 1. The minimum atomic E-state index is -0.497. The zero-order valence-corrected chi connectivity index (χ0v) is 19.1. The Morgan fingerprint density at radius 1 is 1.14 bits per heavy atom. The lowest BCUT2D eigenvalue weighted by Gasteiger charge is -2.10. The van der Waals surface area contributed by atoms with Crippen LogP contribution in [0.5, 0.6) is 11.5 Å². The van der Waals surface area contributed by atoms with Crippen LogP contribution in [-0.4, -0.2) is 25.5 Å². The number of pyridine rings is 2. The van der Waals surface area contributed by atoms with Crippen LogP contribution in [0, 0.1) is 5.82 Å². The van der Waals surface area contributed by atoms with Crippen molar-refractivity contribution in [2.45, 2.75) is 25.3 Å². The molecule has 0 unspecified atom stereocenters. The molecule has 1 aromatic carbocycles. The molecule has 1 fully saturated rings. The number of carbonyl (C=O) groups is 1. The summed E-state index contributed by atoms with van der Waals surface area (Å²) in [5, 5.41) is 4.51. The molecule has 3 aromatic heterocycles. The topological polar surface area (TPSA) is 113 Å². The Morgan fingerprint density at radius 3 is 2.60 bits per heavy atom. The van der Waals surface area contributed by atoms with Gasteiger partial charge in [0.05, 0.1) is 18.7 Å². The second kappa shape index (κ2) is 9.27. The minimum absolute atomic E-state index is 0.122. The number of nitrogens with zero attached hydrogens (tertiary/aromatic N) is 4. The van der Waals surface area contributed by atoms with E-state index in [1.165, 1.54) is 36.7 Å². The highest BCUT2D eigenvalue weighted by Gasteiger charge is 2.27. The van der Waals surface area contributed by atoms with Crippen LogP contribution in [-0.2, 0) is 6.42 Å². The molecule has 0 atom stereocenters. The van der Waals surface area contributed by atoms with E-state index in [2.05, 4.69) is 15.1 Å². The van der Waals surface area contributed by atoms with Crippen molar-refractivity contribution in [3.8, 4) is 22.6 Å². The number of nitrogens with two attached hydrogens (primary N) is 1. The van der Waals surface area contributed by atoms with Crippen molar-refractivity contribution in [3.05, 3.63) is 93.5 Å². The molecule has 0 spiro atoms. The Kier molecular flexibility index (Phi) is 6.00. The van der Waals surface area contributed by atoms with Crippen molar-refractivity contribution in [1.82, 2.24) is 19.7 Å². The van der Waals surface area contributed by atoms with Gasteiger partial charge in [0.15, 0.2) is 17.2 Å². The van der Waals surface area contributed by atoms with Gasteiger partial charge in [-0.2, -0.15) is 5.10 Å². The van der Waals surface area contributed by atoms with Crippen LogP contribution in [0.4, 0.5) is 10.2 Å². The number of Topliss-reactive ketones (excluding diaryl/α,β-unsaturated/α-hetero) is 1. The number of rotatable bonds is 7. The molecule has 0 amide bonds. The van der Waals surface area contributed by atoms with E-state index in [-0.39, 0.29) is 29.0 Å². The quantitative estimate of drug-likeness (QED) is 0.375. The zero-order valence-electron chi connectivity index (χ0n) is 18.3. The van der Waals surface area contributed by atoms with E-state index in [9.17, 15) is 14.0 Å². The summed E-state index contributed by atoms with van der Waals surface area (Å²) < 4.78 is 20.7. The molecule has 2 N–H and O–H groups in total. The molecule has 0 saturated heterocycles. The van der Waals surface area contributed by atoms with Gasteiger partial charge >= 0.3 is 0 Å². The van der Waals surface area contributed by atoms with Crippen molar-refractivity contribution in [3.63, 3.8) is 0 Å². The fraction of sp³-hybridized carbons (Fsp3) is 0.160. The van der Waals surface area contributed by atoms with Crippen LogP contribution in [0.3, 0.4) is 0 Å². The maximum Gasteiger partial charge on any atom is 0.219 e. The first-order chi connectivity index (χ1) is 16.9. The van der Waals surface area contributed by atoms with Gasteiger partial charge in [-0.25, -0.2) is 9.37 Å². The van der Waals surface area contributed by atoms with E-state index in [1.54, 1.807) is 29.1 Å². The van der Waals surface area contributed by atoms with Gasteiger partial charge in [0.1, 0.15) is 22.4 Å². The van der Waals surface area contributed by atoms with Crippen molar-refractivity contribution in [1.29, 1.82) is 0 Å². The first kappa shape index (κ1) is 22.7. The summed E-state index contributed by atoms with van der Waals surface area (Å²) >= 11 is 6.10. The van der Waals surface area contributed by atoms with Gasteiger partial charge in [-0.1, -0.05) is 23.7 Å². The van der Waals surface area contributed by atoms with Crippen LogP contribution < -0.4 is 15.9 Å². The Bertz CT molecular complexity index is 1470. The second-order valence-electron chi connectivity index (χ2n) is 8.13. The van der Waals surface area contributed by atoms with Crippen LogP contribution in [0.15, 0.2) is 65.8 Å². The van der Waals surface area contributed by atoms with Gasteiger partial charge in [0, 0.05) is 29.7 Å². The number of hydrogen-bond acceptors (Lipinski definition) is 7. The first-order valence-electron chi connectivity index (χ1n) is 10.8. The van der Waals surface area contributed by atoms with Gasteiger partial charge in [0.25, 0.3) is 0 Å². The second-order valence-corrected chi connectivity index (χ2v) is 8.51. The zero-order chi connectivity index (χ0) is 24.5. The van der Waals surface area contributed by atoms with Crippen LogP contribution >= 0.6 is 11.6 Å². The van der Waals surface area contributed by atoms with Crippen LogP contribution in [0.2, 0.25) is 5.02 Å². The summed E-state index contributed by atoms with van der Waals surface area (Å²) in [4.78, 5) is 34.4. The van der Waals surface area contributed by atoms with Crippen LogP contribution in [0.25, 0.3) is 11.1 Å². The van der Waals surface area contributed by atoms with E-state index < -0.39 is 17.0 Å². The number of ether oxygens (including phenoxy) is 1. The van der Waals surface area contributed by atoms with Crippen molar-refractivity contribution >= 4 is 23.2 Å². The summed E-state index contributed by atoms with van der Waals surface area (Å²) in [5.74, 6) is -0.00529. The molecule has 35 heavy (non-hydrogen) atoms. The highest BCUT2D eigenvalue weighted by molar-refractivity contribution is 6.34. The van der Waals surface area contributed by atoms with E-state index in [1.807, 2.05) is 0 Å². The average molecular weight is 492 g/mol. The molecular formula is C25H19ClFN5O3. The molecule has 0 bridgehead atoms. The molecule has 8 nitrogen and oxygen atoms in total. The lowest BCUT2D eigenvalue weighted by molar-refractivity contribution is 0.0983. The predicted molar refractivity (Wildman–Crippen MR) is 128 cm³/mol. The van der Waals surface area contributed by atoms with E-state index >= 15 is 0 Å². The van der Waals surface area contributed by atoms with Gasteiger partial charge in [-0.15, -0.1) is 0 Å². The summed E-state index contributed by atoms with van der Waals surface area (Å²) in [6, 6.07) is 10.5. The predicted octanol–water partition coefficient (Wildman–Crippen LogP) is 4.63. The number of anilines is 1. The van der Waals surface area contributed by atoms with Crippen LogP contribution in [0.1, 0.15) is 35.1 Å². The van der Waals surface area contributed by atoms with Gasteiger partial charge in [-0.05, 0) is 42.7 Å². The summed E-state index contributed by atoms with van der Waals surface area (Å²) in [6.45, 7) is 0. The SMILES string of the molecule is Nc1nccc(Oc2ccc(CC(=O)c3nn(C4CC4)cc(-c4ccc(F)cc4)c3=O)nc2)c1Cl. The lowest BCUT2D eigenvalue weighted by atomic mass is 10.0. The Balaban J connectivity index is 1.39. The Labute approximate surface area is 204 Å². The summed E-state index contributed by atoms with van der Waals surface area (Å²) in [7, 11) is 0. The lowest BCUT2D eigenvalue weighted by Crippen LogP contribution is -2.25. The highest BCUT2D eigenvalue weighted by atomic mass is 35.5. The van der Waals surface area contributed by atoms with E-state index in [0.29, 0.717) is 28.3 Å². The van der Waals surface area contributed by atoms with Crippen molar-refractivity contribution < 1.29 is 13.9 Å². The number of halogens is 2. The van der Waals surface area contributed by atoms with Crippen molar-refractivity contribution in [2.24, 2.45) is 0 Å². The molecule has 3 heterocycles. The number of hydrogen-bond donors (Lipinski definition) is 1. The van der Waals surface area contributed by atoms with Gasteiger partial charge in [0.2, 0.25) is 5.43 Å². The molecule has 0 radical (unpaired) electrons. The number of benzene rings is 1. The van der Waals surface area contributed by atoms with Crippen molar-refractivity contribution in [2.75, 3.05) is 5.73 Å². The molecule has 1 aliphatic carbocycles. The third-order valence-electron chi connectivity index (χ3n) is 5.52. The molecule has 10 heteroatoms. The Morgan fingerprint density at radius 2 is 1.91 bits per heavy atom.